The second-order valence-corrected chi connectivity index (χ2v) is 8.30. The summed E-state index contributed by atoms with van der Waals surface area (Å²) in [5.74, 6) is 0.625. The second kappa shape index (κ2) is 10.8. The lowest BCUT2D eigenvalue weighted by Crippen LogP contribution is -2.30. The molecule has 1 saturated heterocycles. The lowest BCUT2D eigenvalue weighted by molar-refractivity contribution is -0.143. The van der Waals surface area contributed by atoms with Crippen molar-refractivity contribution in [3.8, 4) is 11.5 Å². The molecule has 28 heavy (non-hydrogen) atoms. The predicted molar refractivity (Wildman–Crippen MR) is 118 cm³/mol. The van der Waals surface area contributed by atoms with Crippen molar-refractivity contribution in [3.05, 3.63) is 27.1 Å². The smallest absolute Gasteiger partial charge is 0.307 e. The zero-order valence-electron chi connectivity index (χ0n) is 16.0. The van der Waals surface area contributed by atoms with Crippen molar-refractivity contribution in [2.45, 2.75) is 26.7 Å². The van der Waals surface area contributed by atoms with E-state index in [9.17, 15) is 9.59 Å². The summed E-state index contributed by atoms with van der Waals surface area (Å²) in [6.45, 7) is 4.89. The Morgan fingerprint density at radius 3 is 2.75 bits per heavy atom. The fourth-order valence-corrected chi connectivity index (χ4v) is 4.40. The number of carbonyl (C=O) groups is 2. The minimum atomic E-state index is -0.333. The SMILES string of the molecule is CCCOC(=O)CCN1C(=O)/C(=C/c2cc(Br)c(OC)c(OCC)c2)SC1=S. The van der Waals surface area contributed by atoms with Gasteiger partial charge in [0, 0.05) is 6.54 Å². The highest BCUT2D eigenvalue weighted by Crippen LogP contribution is 2.39. The molecule has 152 valence electrons. The van der Waals surface area contributed by atoms with Crippen LogP contribution < -0.4 is 9.47 Å². The third-order valence-electron chi connectivity index (χ3n) is 3.71. The quantitative estimate of drug-likeness (QED) is 0.290. The molecule has 1 aliphatic rings. The number of amides is 1. The first kappa shape index (κ1) is 22.7. The minimum absolute atomic E-state index is 0.113. The first-order valence-electron chi connectivity index (χ1n) is 8.82. The molecule has 1 fully saturated rings. The van der Waals surface area contributed by atoms with Crippen LogP contribution in [-0.2, 0) is 14.3 Å². The number of methoxy groups -OCH3 is 1. The van der Waals surface area contributed by atoms with Crippen molar-refractivity contribution in [1.82, 2.24) is 4.90 Å². The number of esters is 1. The first-order chi connectivity index (χ1) is 13.4. The molecule has 1 aliphatic heterocycles. The van der Waals surface area contributed by atoms with Gasteiger partial charge in [-0.1, -0.05) is 30.9 Å². The van der Waals surface area contributed by atoms with Gasteiger partial charge in [-0.25, -0.2) is 0 Å². The zero-order valence-corrected chi connectivity index (χ0v) is 19.2. The highest BCUT2D eigenvalue weighted by atomic mass is 79.9. The van der Waals surface area contributed by atoms with Crippen LogP contribution in [0, 0.1) is 0 Å². The van der Waals surface area contributed by atoms with E-state index >= 15 is 0 Å². The molecule has 1 amide bonds. The number of ether oxygens (including phenoxy) is 3. The molecular formula is C19H22BrNO5S2. The standard InChI is InChI=1S/C19H22BrNO5S2/c1-4-8-26-16(22)6-7-21-18(23)15(28-19(21)27)11-12-9-13(20)17(24-3)14(10-12)25-5-2/h9-11H,4-8H2,1-3H3/b15-11-. The Labute approximate surface area is 182 Å². The fourth-order valence-electron chi connectivity index (χ4n) is 2.47. The summed E-state index contributed by atoms with van der Waals surface area (Å²) >= 11 is 9.98. The lowest BCUT2D eigenvalue weighted by Gasteiger charge is -2.13. The molecule has 0 bridgehead atoms. The predicted octanol–water partition coefficient (Wildman–Crippen LogP) is 4.40. The Hall–Kier alpha value is -1.58. The second-order valence-electron chi connectivity index (χ2n) is 5.77. The molecule has 9 heteroatoms. The molecular weight excluding hydrogens is 466 g/mol. The van der Waals surface area contributed by atoms with Gasteiger partial charge in [-0.3, -0.25) is 14.5 Å². The van der Waals surface area contributed by atoms with Crippen molar-refractivity contribution in [2.24, 2.45) is 0 Å². The van der Waals surface area contributed by atoms with Crippen LogP contribution in [0.15, 0.2) is 21.5 Å². The molecule has 1 aromatic carbocycles. The molecule has 0 saturated carbocycles. The van der Waals surface area contributed by atoms with Gasteiger partial charge in [0.05, 0.1) is 36.1 Å². The van der Waals surface area contributed by atoms with Crippen molar-refractivity contribution in [2.75, 3.05) is 26.9 Å². The molecule has 1 aromatic rings. The van der Waals surface area contributed by atoms with Crippen LogP contribution in [0.25, 0.3) is 6.08 Å². The Morgan fingerprint density at radius 1 is 1.36 bits per heavy atom. The summed E-state index contributed by atoms with van der Waals surface area (Å²) in [5.41, 5.74) is 0.777. The molecule has 0 radical (unpaired) electrons. The Morgan fingerprint density at radius 2 is 2.11 bits per heavy atom. The summed E-state index contributed by atoms with van der Waals surface area (Å²) in [6.07, 6.45) is 2.63. The maximum atomic E-state index is 12.7. The van der Waals surface area contributed by atoms with E-state index in [4.69, 9.17) is 26.4 Å². The van der Waals surface area contributed by atoms with Crippen LogP contribution in [0.5, 0.6) is 11.5 Å². The molecule has 0 spiro atoms. The van der Waals surface area contributed by atoms with Gasteiger partial charge in [-0.2, -0.15) is 0 Å². The van der Waals surface area contributed by atoms with Crippen LogP contribution in [-0.4, -0.2) is 48.0 Å². The highest BCUT2D eigenvalue weighted by molar-refractivity contribution is 9.10. The van der Waals surface area contributed by atoms with Crippen LogP contribution in [0.3, 0.4) is 0 Å². The molecule has 0 aliphatic carbocycles. The Kier molecular flexibility index (Phi) is 8.78. The molecule has 6 nitrogen and oxygen atoms in total. The van der Waals surface area contributed by atoms with Gasteiger partial charge in [0.2, 0.25) is 0 Å². The van der Waals surface area contributed by atoms with E-state index in [-0.39, 0.29) is 24.8 Å². The largest absolute Gasteiger partial charge is 0.492 e. The Balaban J connectivity index is 2.15. The summed E-state index contributed by atoms with van der Waals surface area (Å²) in [4.78, 5) is 26.3. The van der Waals surface area contributed by atoms with Gasteiger partial charge >= 0.3 is 5.97 Å². The minimum Gasteiger partial charge on any atom is -0.492 e. The number of thioether (sulfide) groups is 1. The van der Waals surface area contributed by atoms with E-state index in [0.29, 0.717) is 33.9 Å². The Bertz CT molecular complexity index is 797. The van der Waals surface area contributed by atoms with E-state index in [1.165, 1.54) is 16.7 Å². The topological polar surface area (TPSA) is 65.1 Å². The van der Waals surface area contributed by atoms with E-state index in [2.05, 4.69) is 15.9 Å². The summed E-state index contributed by atoms with van der Waals surface area (Å²) < 4.78 is 17.2. The third kappa shape index (κ3) is 5.71. The average molecular weight is 488 g/mol. The first-order valence-corrected chi connectivity index (χ1v) is 10.8. The third-order valence-corrected chi connectivity index (χ3v) is 5.68. The molecule has 0 atom stereocenters. The van der Waals surface area contributed by atoms with Gasteiger partial charge in [-0.05, 0) is 53.0 Å². The molecule has 0 N–H and O–H groups in total. The van der Waals surface area contributed by atoms with Crippen LogP contribution in [0.1, 0.15) is 32.3 Å². The van der Waals surface area contributed by atoms with E-state index < -0.39 is 0 Å². The van der Waals surface area contributed by atoms with Crippen molar-refractivity contribution < 1.29 is 23.8 Å². The molecule has 1 heterocycles. The summed E-state index contributed by atoms with van der Waals surface area (Å²) in [7, 11) is 1.57. The number of nitrogens with zero attached hydrogens (tertiary/aromatic N) is 1. The van der Waals surface area contributed by atoms with Crippen LogP contribution >= 0.6 is 39.9 Å². The van der Waals surface area contributed by atoms with Gasteiger partial charge in [0.25, 0.3) is 5.91 Å². The number of hydrogen-bond donors (Lipinski definition) is 0. The number of hydrogen-bond acceptors (Lipinski definition) is 7. The van der Waals surface area contributed by atoms with Gasteiger partial charge in [-0.15, -0.1) is 0 Å². The number of halogens is 1. The molecule has 0 aromatic heterocycles. The zero-order chi connectivity index (χ0) is 20.7. The lowest BCUT2D eigenvalue weighted by atomic mass is 10.2. The number of thiocarbonyl (C=S) groups is 1. The maximum absolute atomic E-state index is 12.7. The van der Waals surface area contributed by atoms with Crippen LogP contribution in [0.4, 0.5) is 0 Å². The molecule has 2 rings (SSSR count). The van der Waals surface area contributed by atoms with Gasteiger partial charge < -0.3 is 14.2 Å². The monoisotopic (exact) mass is 487 g/mol. The van der Waals surface area contributed by atoms with E-state index in [1.807, 2.05) is 26.0 Å². The average Bonchev–Trinajstić information content (AvgIpc) is 2.91. The normalized spacial score (nSPS) is 15.3. The molecule has 0 unspecified atom stereocenters. The maximum Gasteiger partial charge on any atom is 0.307 e. The van der Waals surface area contributed by atoms with Crippen molar-refractivity contribution >= 4 is 62.2 Å². The highest BCUT2D eigenvalue weighted by Gasteiger charge is 2.32. The number of rotatable bonds is 9. The van der Waals surface area contributed by atoms with E-state index in [1.54, 1.807) is 13.2 Å². The number of carbonyl (C=O) groups excluding carboxylic acids is 2. The van der Waals surface area contributed by atoms with Gasteiger partial charge in [0.1, 0.15) is 4.32 Å². The van der Waals surface area contributed by atoms with Crippen molar-refractivity contribution in [1.29, 1.82) is 0 Å². The van der Waals surface area contributed by atoms with Crippen LogP contribution in [0.2, 0.25) is 0 Å². The summed E-state index contributed by atoms with van der Waals surface area (Å²) in [6, 6.07) is 3.65. The number of benzene rings is 1. The fraction of sp³-hybridized carbons (Fsp3) is 0.421. The van der Waals surface area contributed by atoms with Crippen molar-refractivity contribution in [3.63, 3.8) is 0 Å². The summed E-state index contributed by atoms with van der Waals surface area (Å²) in [5, 5.41) is 0. The van der Waals surface area contributed by atoms with E-state index in [0.717, 1.165) is 16.5 Å². The van der Waals surface area contributed by atoms with Gasteiger partial charge in [0.15, 0.2) is 11.5 Å².